The van der Waals surface area contributed by atoms with Gasteiger partial charge in [0.2, 0.25) is 0 Å². The van der Waals surface area contributed by atoms with Crippen LogP contribution in [0.4, 0.5) is 4.39 Å². The van der Waals surface area contributed by atoms with Gasteiger partial charge in [0.05, 0.1) is 7.11 Å². The lowest BCUT2D eigenvalue weighted by atomic mass is 10.1. The highest BCUT2D eigenvalue weighted by molar-refractivity contribution is 9.10. The molecule has 2 rings (SSSR count). The predicted molar refractivity (Wildman–Crippen MR) is 84.2 cm³/mol. The Morgan fingerprint density at radius 2 is 1.95 bits per heavy atom. The van der Waals surface area contributed by atoms with Gasteiger partial charge < -0.3 is 15.2 Å². The maximum Gasteiger partial charge on any atom is 0.133 e. The van der Waals surface area contributed by atoms with E-state index >= 15 is 0 Å². The van der Waals surface area contributed by atoms with Gasteiger partial charge in [0.1, 0.15) is 23.9 Å². The molecule has 0 aromatic heterocycles. The summed E-state index contributed by atoms with van der Waals surface area (Å²) in [6, 6.07) is 10.4. The summed E-state index contributed by atoms with van der Waals surface area (Å²) in [7, 11) is 1.51. The van der Waals surface area contributed by atoms with Crippen LogP contribution in [-0.2, 0) is 13.0 Å². The normalized spacial score (nSPS) is 10.5. The van der Waals surface area contributed by atoms with Crippen LogP contribution in [0.2, 0.25) is 0 Å². The number of nitrogens with two attached hydrogens (primary N) is 1. The molecule has 0 unspecified atom stereocenters. The second-order valence-corrected chi connectivity index (χ2v) is 5.45. The molecule has 0 aliphatic heterocycles. The number of hydrogen-bond acceptors (Lipinski definition) is 3. The molecule has 0 saturated carbocycles. The Kier molecular flexibility index (Phi) is 5.59. The predicted octanol–water partition coefficient (Wildman–Crippen LogP) is 3.68. The van der Waals surface area contributed by atoms with Crippen LogP contribution in [0.5, 0.6) is 11.5 Å². The molecule has 112 valence electrons. The first-order valence-corrected chi connectivity index (χ1v) is 7.37. The second kappa shape index (κ2) is 7.43. The molecule has 2 aromatic rings. The summed E-state index contributed by atoms with van der Waals surface area (Å²) in [5.41, 5.74) is 7.08. The fourth-order valence-corrected chi connectivity index (χ4v) is 2.38. The van der Waals surface area contributed by atoms with Crippen molar-refractivity contribution in [3.8, 4) is 11.5 Å². The summed E-state index contributed by atoms with van der Waals surface area (Å²) in [5, 5.41) is 0. The van der Waals surface area contributed by atoms with Crippen molar-refractivity contribution in [2.75, 3.05) is 13.7 Å². The average Bonchev–Trinajstić information content (AvgIpc) is 2.48. The summed E-state index contributed by atoms with van der Waals surface area (Å²) in [4.78, 5) is 0. The zero-order valence-corrected chi connectivity index (χ0v) is 13.3. The van der Waals surface area contributed by atoms with Crippen LogP contribution in [0.15, 0.2) is 40.9 Å². The Bertz CT molecular complexity index is 619. The van der Waals surface area contributed by atoms with E-state index in [1.807, 2.05) is 18.2 Å². The standard InChI is InChI=1S/C16H17BrFNO2/c1-20-14-4-2-12(15(18)9-14)10-21-16-5-3-13(17)8-11(16)6-7-19/h2-5,8-9H,6-7,10,19H2,1H3. The number of methoxy groups -OCH3 is 1. The molecule has 0 aliphatic carbocycles. The summed E-state index contributed by atoms with van der Waals surface area (Å²) in [6.07, 6.45) is 0.708. The Morgan fingerprint density at radius 3 is 2.62 bits per heavy atom. The zero-order chi connectivity index (χ0) is 15.2. The molecule has 0 atom stereocenters. The molecule has 0 bridgehead atoms. The monoisotopic (exact) mass is 353 g/mol. The molecule has 0 fully saturated rings. The fourth-order valence-electron chi connectivity index (χ4n) is 1.97. The van der Waals surface area contributed by atoms with Crippen LogP contribution in [-0.4, -0.2) is 13.7 Å². The molecule has 5 heteroatoms. The van der Waals surface area contributed by atoms with E-state index in [0.717, 1.165) is 15.8 Å². The summed E-state index contributed by atoms with van der Waals surface area (Å²) < 4.78 is 25.5. The smallest absolute Gasteiger partial charge is 0.133 e. The van der Waals surface area contributed by atoms with Crippen LogP contribution < -0.4 is 15.2 Å². The lowest BCUT2D eigenvalue weighted by Crippen LogP contribution is -2.06. The molecule has 2 aromatic carbocycles. The lowest BCUT2D eigenvalue weighted by Gasteiger charge is -2.12. The number of benzene rings is 2. The molecule has 0 amide bonds. The summed E-state index contributed by atoms with van der Waals surface area (Å²) in [6.45, 7) is 0.693. The van der Waals surface area contributed by atoms with Crippen LogP contribution >= 0.6 is 15.9 Å². The van der Waals surface area contributed by atoms with Crippen molar-refractivity contribution in [2.24, 2.45) is 5.73 Å². The maximum absolute atomic E-state index is 13.9. The van der Waals surface area contributed by atoms with Crippen molar-refractivity contribution in [3.63, 3.8) is 0 Å². The molecule has 0 saturated heterocycles. The van der Waals surface area contributed by atoms with Gasteiger partial charge in [0.15, 0.2) is 0 Å². The maximum atomic E-state index is 13.9. The average molecular weight is 354 g/mol. The molecule has 0 aliphatic rings. The minimum Gasteiger partial charge on any atom is -0.497 e. The quantitative estimate of drug-likeness (QED) is 0.861. The zero-order valence-electron chi connectivity index (χ0n) is 11.7. The third-order valence-electron chi connectivity index (χ3n) is 3.08. The van der Waals surface area contributed by atoms with E-state index in [0.29, 0.717) is 24.3 Å². The van der Waals surface area contributed by atoms with E-state index in [9.17, 15) is 4.39 Å². The molecular formula is C16H17BrFNO2. The Labute approximate surface area is 132 Å². The van der Waals surface area contributed by atoms with Crippen LogP contribution in [0, 0.1) is 5.82 Å². The first kappa shape index (κ1) is 15.8. The first-order chi connectivity index (χ1) is 10.1. The van der Waals surface area contributed by atoms with Gasteiger partial charge in [-0.2, -0.15) is 0 Å². The van der Waals surface area contributed by atoms with E-state index in [2.05, 4.69) is 15.9 Å². The highest BCUT2D eigenvalue weighted by Crippen LogP contribution is 2.25. The summed E-state index contributed by atoms with van der Waals surface area (Å²) in [5.74, 6) is 0.870. The third kappa shape index (κ3) is 4.19. The van der Waals surface area contributed by atoms with Crippen molar-refractivity contribution >= 4 is 15.9 Å². The molecule has 0 spiro atoms. The Hall–Kier alpha value is -1.59. The summed E-state index contributed by atoms with van der Waals surface area (Å²) >= 11 is 3.42. The Balaban J connectivity index is 2.12. The van der Waals surface area contributed by atoms with Gasteiger partial charge in [-0.05, 0) is 48.9 Å². The molecule has 21 heavy (non-hydrogen) atoms. The number of hydrogen-bond donors (Lipinski definition) is 1. The Morgan fingerprint density at radius 1 is 1.14 bits per heavy atom. The van der Waals surface area contributed by atoms with Crippen molar-refractivity contribution in [1.82, 2.24) is 0 Å². The van der Waals surface area contributed by atoms with Crippen LogP contribution in [0.3, 0.4) is 0 Å². The van der Waals surface area contributed by atoms with Crippen LogP contribution in [0.1, 0.15) is 11.1 Å². The van der Waals surface area contributed by atoms with Crippen molar-refractivity contribution in [1.29, 1.82) is 0 Å². The van der Waals surface area contributed by atoms with E-state index in [1.165, 1.54) is 13.2 Å². The van der Waals surface area contributed by atoms with E-state index in [4.69, 9.17) is 15.2 Å². The van der Waals surface area contributed by atoms with Crippen molar-refractivity contribution < 1.29 is 13.9 Å². The minimum absolute atomic E-state index is 0.162. The van der Waals surface area contributed by atoms with Crippen molar-refractivity contribution in [2.45, 2.75) is 13.0 Å². The van der Waals surface area contributed by atoms with Crippen molar-refractivity contribution in [3.05, 3.63) is 57.8 Å². The minimum atomic E-state index is -0.341. The van der Waals surface area contributed by atoms with E-state index in [-0.39, 0.29) is 12.4 Å². The second-order valence-electron chi connectivity index (χ2n) is 4.54. The lowest BCUT2D eigenvalue weighted by molar-refractivity contribution is 0.296. The largest absolute Gasteiger partial charge is 0.497 e. The van der Waals surface area contributed by atoms with E-state index < -0.39 is 0 Å². The van der Waals surface area contributed by atoms with Gasteiger partial charge in [0, 0.05) is 16.1 Å². The number of ether oxygens (including phenoxy) is 2. The molecule has 0 radical (unpaired) electrons. The number of rotatable bonds is 6. The highest BCUT2D eigenvalue weighted by atomic mass is 79.9. The molecule has 0 heterocycles. The van der Waals surface area contributed by atoms with Gasteiger partial charge in [-0.25, -0.2) is 4.39 Å². The topological polar surface area (TPSA) is 44.5 Å². The molecular weight excluding hydrogens is 337 g/mol. The third-order valence-corrected chi connectivity index (χ3v) is 3.57. The van der Waals surface area contributed by atoms with Gasteiger partial charge in [-0.3, -0.25) is 0 Å². The fraction of sp³-hybridized carbons (Fsp3) is 0.250. The van der Waals surface area contributed by atoms with Gasteiger partial charge in [-0.1, -0.05) is 15.9 Å². The highest BCUT2D eigenvalue weighted by Gasteiger charge is 2.08. The molecule has 3 nitrogen and oxygen atoms in total. The van der Waals surface area contributed by atoms with Crippen LogP contribution in [0.25, 0.3) is 0 Å². The van der Waals surface area contributed by atoms with Gasteiger partial charge in [-0.15, -0.1) is 0 Å². The van der Waals surface area contributed by atoms with Gasteiger partial charge >= 0.3 is 0 Å². The number of halogens is 2. The SMILES string of the molecule is COc1ccc(COc2ccc(Br)cc2CCN)c(F)c1. The van der Waals surface area contributed by atoms with Gasteiger partial charge in [0.25, 0.3) is 0 Å². The first-order valence-electron chi connectivity index (χ1n) is 6.57. The van der Waals surface area contributed by atoms with E-state index in [1.54, 1.807) is 12.1 Å². The molecule has 2 N–H and O–H groups in total.